The summed E-state index contributed by atoms with van der Waals surface area (Å²) in [7, 11) is 2.54. The molecular formula is C48H57ClN10O7. The number of carbonyl (C=O) groups is 5. The number of urea groups is 1. The fraction of sp³-hybridized carbons (Fsp3) is 0.417. The van der Waals surface area contributed by atoms with Crippen LogP contribution in [0.5, 0.6) is 0 Å². The Kier molecular flexibility index (Phi) is 13.5. The molecule has 66 heavy (non-hydrogen) atoms. The average Bonchev–Trinajstić information content (AvgIpc) is 4.18. The van der Waals surface area contributed by atoms with E-state index in [-0.39, 0.29) is 48.9 Å². The van der Waals surface area contributed by atoms with Crippen molar-refractivity contribution in [3.8, 4) is 22.4 Å². The summed E-state index contributed by atoms with van der Waals surface area (Å²) in [5, 5.41) is 13.0. The van der Waals surface area contributed by atoms with E-state index in [2.05, 4.69) is 55.5 Å². The second-order valence-corrected chi connectivity index (χ2v) is 18.3. The number of aromatic nitrogens is 2. The number of imidazole rings is 1. The minimum atomic E-state index is -0.873. The van der Waals surface area contributed by atoms with Gasteiger partial charge >= 0.3 is 18.2 Å². The van der Waals surface area contributed by atoms with Crippen molar-refractivity contribution in [3.63, 3.8) is 0 Å². The zero-order valence-electron chi connectivity index (χ0n) is 38.0. The van der Waals surface area contributed by atoms with Gasteiger partial charge in [-0.1, -0.05) is 93.9 Å². The van der Waals surface area contributed by atoms with Gasteiger partial charge in [0, 0.05) is 37.4 Å². The van der Waals surface area contributed by atoms with Crippen molar-refractivity contribution < 1.29 is 33.4 Å². The molecule has 0 saturated carbocycles. The summed E-state index contributed by atoms with van der Waals surface area (Å²) < 4.78 is 9.61. The number of likely N-dealkylation sites (tertiary alicyclic amines) is 1. The summed E-state index contributed by atoms with van der Waals surface area (Å²) in [6.07, 6.45) is 3.49. The van der Waals surface area contributed by atoms with Crippen LogP contribution >= 0.6 is 11.6 Å². The molecule has 4 aromatic rings. The van der Waals surface area contributed by atoms with E-state index in [1.54, 1.807) is 25.8 Å². The molecule has 4 aliphatic heterocycles. The lowest BCUT2D eigenvalue weighted by molar-refractivity contribution is -0.136. The number of benzene rings is 3. The molecule has 0 bridgehead atoms. The van der Waals surface area contributed by atoms with Crippen LogP contribution in [-0.2, 0) is 32.2 Å². The number of hydrogen-bond donors (Lipinski definition) is 5. The molecule has 1 unspecified atom stereocenters. The predicted octanol–water partition coefficient (Wildman–Crippen LogP) is 6.25. The van der Waals surface area contributed by atoms with Crippen molar-refractivity contribution in [2.75, 3.05) is 34.0 Å². The zero-order valence-corrected chi connectivity index (χ0v) is 38.7. The van der Waals surface area contributed by atoms with E-state index in [0.29, 0.717) is 30.5 Å². The standard InChI is InChI=1S/C48H57ClN10O7/c1-27(2)40(54-46(62)65-5)44(60)58-19-7-8-38(58)42-50-21-36(52-42)31-13-9-29(10-14-31)30-11-15-32(16-12-30)37-22-51-43(53-37)39-25-57(26-59(39)45(61)41(28(3)4)55-47(63)66-6)48(64)56-23-33-17-18-35(49)20-34(33)24-56/h9-18,20-22,27-28,38-41,43,51,53H,7-8,19,23-26H2,1-6H3,(H,50,52)(H,54,62)(H,55,63)/t38-,39-,40-,41-,43?/m0/s1. The molecule has 6 amide bonds. The maximum atomic E-state index is 14.3. The topological polar surface area (TPSA) is 194 Å². The van der Waals surface area contributed by atoms with Crippen LogP contribution in [0.25, 0.3) is 28.1 Å². The summed E-state index contributed by atoms with van der Waals surface area (Å²) in [6.45, 7) is 9.24. The molecule has 8 rings (SSSR count). The third kappa shape index (κ3) is 9.48. The van der Waals surface area contributed by atoms with E-state index in [0.717, 1.165) is 57.6 Å². The normalized spacial score (nSPS) is 19.8. The molecule has 4 aliphatic rings. The van der Waals surface area contributed by atoms with Crippen molar-refractivity contribution in [2.24, 2.45) is 11.8 Å². The van der Waals surface area contributed by atoms with Gasteiger partial charge in [-0.15, -0.1) is 0 Å². The fourth-order valence-corrected chi connectivity index (χ4v) is 9.43. The van der Waals surface area contributed by atoms with E-state index in [4.69, 9.17) is 21.1 Å². The lowest BCUT2D eigenvalue weighted by Gasteiger charge is -2.32. The number of methoxy groups -OCH3 is 2. The van der Waals surface area contributed by atoms with Gasteiger partial charge in [0.15, 0.2) is 0 Å². The summed E-state index contributed by atoms with van der Waals surface area (Å²) in [4.78, 5) is 81.3. The number of aromatic amines is 1. The molecule has 348 valence electrons. The number of carbonyl (C=O) groups excluding carboxylic acids is 5. The van der Waals surface area contributed by atoms with Gasteiger partial charge in [-0.05, 0) is 70.2 Å². The number of nitrogens with one attached hydrogen (secondary N) is 5. The molecule has 5 atom stereocenters. The smallest absolute Gasteiger partial charge is 0.407 e. The Bertz CT molecular complexity index is 2490. The summed E-state index contributed by atoms with van der Waals surface area (Å²) in [5.41, 5.74) is 7.62. The van der Waals surface area contributed by atoms with Crippen LogP contribution in [0.1, 0.15) is 69.1 Å². The summed E-state index contributed by atoms with van der Waals surface area (Å²) >= 11 is 6.25. The molecule has 17 nitrogen and oxygen atoms in total. The van der Waals surface area contributed by atoms with Gasteiger partial charge < -0.3 is 55.3 Å². The number of fused-ring (bicyclic) bond motifs is 1. The predicted molar refractivity (Wildman–Crippen MR) is 248 cm³/mol. The lowest BCUT2D eigenvalue weighted by Crippen LogP contribution is -2.58. The Labute approximate surface area is 389 Å². The highest BCUT2D eigenvalue weighted by molar-refractivity contribution is 6.30. The minimum absolute atomic E-state index is 0.0445. The number of rotatable bonds is 11. The highest BCUT2D eigenvalue weighted by Gasteiger charge is 2.46. The quantitative estimate of drug-likeness (QED) is 0.115. The fourth-order valence-electron chi connectivity index (χ4n) is 9.23. The highest BCUT2D eigenvalue weighted by Crippen LogP contribution is 2.34. The second kappa shape index (κ2) is 19.4. The number of H-pyrrole nitrogens is 1. The Morgan fingerprint density at radius 3 is 1.97 bits per heavy atom. The van der Waals surface area contributed by atoms with Gasteiger partial charge in [0.05, 0.1) is 50.6 Å². The van der Waals surface area contributed by atoms with Gasteiger partial charge in [0.2, 0.25) is 11.8 Å². The van der Waals surface area contributed by atoms with Crippen LogP contribution in [0, 0.1) is 11.8 Å². The van der Waals surface area contributed by atoms with Crippen molar-refractivity contribution in [1.29, 1.82) is 0 Å². The summed E-state index contributed by atoms with van der Waals surface area (Å²) in [6, 6.07) is 19.5. The average molecular weight is 921 g/mol. The van der Waals surface area contributed by atoms with Crippen molar-refractivity contribution >= 4 is 47.3 Å². The third-order valence-electron chi connectivity index (χ3n) is 12.9. The minimum Gasteiger partial charge on any atom is -0.453 e. The molecule has 5 heterocycles. The first kappa shape index (κ1) is 45.8. The molecule has 2 fully saturated rings. The van der Waals surface area contributed by atoms with Crippen molar-refractivity contribution in [3.05, 3.63) is 107 Å². The molecule has 1 aromatic heterocycles. The SMILES string of the molecule is COC(=O)N[C@H](C(=O)N1CCC[C@H]1c1ncc(-c2ccc(-c3ccc(C4=CNC([C@@H]5CN(C(=O)N6Cc7ccc(Cl)cc7C6)CN5C(=O)[C@@H](NC(=O)OC)C(C)C)N4)cc3)cc2)[nH]1)C(C)C. The molecule has 18 heteroatoms. The van der Waals surface area contributed by atoms with E-state index in [9.17, 15) is 24.0 Å². The van der Waals surface area contributed by atoms with Crippen LogP contribution in [0.15, 0.2) is 79.1 Å². The van der Waals surface area contributed by atoms with Crippen LogP contribution in [0.3, 0.4) is 0 Å². The van der Waals surface area contributed by atoms with Gasteiger partial charge in [-0.3, -0.25) is 9.59 Å². The third-order valence-corrected chi connectivity index (χ3v) is 13.1. The molecule has 3 aromatic carbocycles. The van der Waals surface area contributed by atoms with Crippen LogP contribution < -0.4 is 21.3 Å². The van der Waals surface area contributed by atoms with Gasteiger partial charge in [-0.25, -0.2) is 19.4 Å². The lowest BCUT2D eigenvalue weighted by atomic mass is 10.0. The van der Waals surface area contributed by atoms with E-state index in [1.807, 2.05) is 76.4 Å². The molecule has 2 saturated heterocycles. The second-order valence-electron chi connectivity index (χ2n) is 17.9. The van der Waals surface area contributed by atoms with Gasteiger partial charge in [-0.2, -0.15) is 0 Å². The number of alkyl carbamates (subject to hydrolysis) is 2. The maximum absolute atomic E-state index is 14.3. The Hall–Kier alpha value is -6.75. The number of ether oxygens (including phenoxy) is 2. The van der Waals surface area contributed by atoms with Crippen molar-refractivity contribution in [2.45, 2.75) is 84.0 Å². The Morgan fingerprint density at radius 1 is 0.758 bits per heavy atom. The largest absolute Gasteiger partial charge is 0.453 e. The first-order valence-electron chi connectivity index (χ1n) is 22.3. The maximum Gasteiger partial charge on any atom is 0.407 e. The van der Waals surface area contributed by atoms with E-state index >= 15 is 0 Å². The first-order chi connectivity index (χ1) is 31.7. The van der Waals surface area contributed by atoms with E-state index in [1.165, 1.54) is 14.2 Å². The molecule has 0 radical (unpaired) electrons. The number of amides is 6. The van der Waals surface area contributed by atoms with Crippen molar-refractivity contribution in [1.82, 2.24) is 50.8 Å². The molecule has 0 aliphatic carbocycles. The van der Waals surface area contributed by atoms with Gasteiger partial charge in [0.25, 0.3) is 0 Å². The number of halogens is 1. The highest BCUT2D eigenvalue weighted by atomic mass is 35.5. The monoisotopic (exact) mass is 920 g/mol. The van der Waals surface area contributed by atoms with Crippen LogP contribution in [0.4, 0.5) is 14.4 Å². The molecular weight excluding hydrogens is 864 g/mol. The summed E-state index contributed by atoms with van der Waals surface area (Å²) in [5.74, 6) is -0.137. The van der Waals surface area contributed by atoms with Crippen LogP contribution in [-0.4, -0.2) is 118 Å². The van der Waals surface area contributed by atoms with Crippen LogP contribution in [0.2, 0.25) is 5.02 Å². The number of hydrogen-bond acceptors (Lipinski definition) is 10. The van der Waals surface area contributed by atoms with E-state index < -0.39 is 36.5 Å². The Morgan fingerprint density at radius 2 is 1.35 bits per heavy atom. The molecule has 5 N–H and O–H groups in total. The first-order valence-corrected chi connectivity index (χ1v) is 22.7. The Balaban J connectivity index is 0.926. The molecule has 0 spiro atoms. The number of nitrogens with zero attached hydrogens (tertiary/aromatic N) is 5. The van der Waals surface area contributed by atoms with Gasteiger partial charge in [0.1, 0.15) is 24.1 Å². The zero-order chi connectivity index (χ0) is 46.8.